The third kappa shape index (κ3) is 2.87. The lowest BCUT2D eigenvalue weighted by Crippen LogP contribution is -2.23. The minimum Gasteiger partial charge on any atom is -0.352 e. The van der Waals surface area contributed by atoms with Crippen LogP contribution in [0.15, 0.2) is 0 Å². The van der Waals surface area contributed by atoms with E-state index in [4.69, 9.17) is 0 Å². The van der Waals surface area contributed by atoms with Crippen molar-refractivity contribution in [3.05, 3.63) is 5.01 Å². The van der Waals surface area contributed by atoms with E-state index in [2.05, 4.69) is 15.5 Å². The molecule has 6 heteroatoms. The van der Waals surface area contributed by atoms with E-state index in [1.807, 2.05) is 6.92 Å². The third-order valence-corrected chi connectivity index (χ3v) is 2.50. The zero-order chi connectivity index (χ0) is 9.84. The summed E-state index contributed by atoms with van der Waals surface area (Å²) < 4.78 is 24.2. The van der Waals surface area contributed by atoms with E-state index >= 15 is 0 Å². The second kappa shape index (κ2) is 4.45. The Balaban J connectivity index is 2.53. The molecule has 0 bridgehead atoms. The Bertz CT molecular complexity index is 264. The van der Waals surface area contributed by atoms with Gasteiger partial charge in [0.1, 0.15) is 5.01 Å². The molecule has 0 spiro atoms. The number of nitrogens with zero attached hydrogens (tertiary/aromatic N) is 2. The number of halogens is 2. The van der Waals surface area contributed by atoms with Gasteiger partial charge >= 0.3 is 0 Å². The second-order valence-corrected chi connectivity index (χ2v) is 3.68. The molecular weight excluding hydrogens is 196 g/mol. The fraction of sp³-hybridized carbons (Fsp3) is 0.714. The van der Waals surface area contributed by atoms with E-state index in [0.717, 1.165) is 11.4 Å². The minimum atomic E-state index is -2.38. The standard InChI is InChI=1S/C7H11F2N3S/c1-3-5-11-12-7(13-5)10-4(2)6(8)9/h4,6H,3H2,1-2H3,(H,10,12). The van der Waals surface area contributed by atoms with Gasteiger partial charge in [0.2, 0.25) is 5.13 Å². The van der Waals surface area contributed by atoms with Crippen LogP contribution < -0.4 is 5.32 Å². The number of anilines is 1. The van der Waals surface area contributed by atoms with Crippen LogP contribution in [-0.2, 0) is 6.42 Å². The average Bonchev–Trinajstić information content (AvgIpc) is 2.52. The Morgan fingerprint density at radius 2 is 2.15 bits per heavy atom. The number of aryl methyl sites for hydroxylation is 1. The highest BCUT2D eigenvalue weighted by molar-refractivity contribution is 7.15. The first-order valence-electron chi connectivity index (χ1n) is 4.00. The van der Waals surface area contributed by atoms with Crippen LogP contribution in [0.5, 0.6) is 0 Å². The van der Waals surface area contributed by atoms with Crippen LogP contribution >= 0.6 is 11.3 Å². The maximum Gasteiger partial charge on any atom is 0.258 e. The molecular formula is C7H11F2N3S. The van der Waals surface area contributed by atoms with Crippen LogP contribution in [0.4, 0.5) is 13.9 Å². The topological polar surface area (TPSA) is 37.8 Å². The Morgan fingerprint density at radius 3 is 2.62 bits per heavy atom. The first-order chi connectivity index (χ1) is 6.13. The molecule has 1 atom stereocenters. The maximum atomic E-state index is 12.1. The van der Waals surface area contributed by atoms with Crippen LogP contribution in [0.2, 0.25) is 0 Å². The molecule has 0 saturated heterocycles. The van der Waals surface area contributed by atoms with Crippen LogP contribution in [0.1, 0.15) is 18.9 Å². The lowest BCUT2D eigenvalue weighted by molar-refractivity contribution is 0.130. The van der Waals surface area contributed by atoms with Gasteiger partial charge in [0.05, 0.1) is 6.04 Å². The van der Waals surface area contributed by atoms with Crippen molar-refractivity contribution < 1.29 is 8.78 Å². The third-order valence-electron chi connectivity index (χ3n) is 1.50. The molecule has 0 aliphatic rings. The summed E-state index contributed by atoms with van der Waals surface area (Å²) in [7, 11) is 0. The monoisotopic (exact) mass is 207 g/mol. The smallest absolute Gasteiger partial charge is 0.258 e. The van der Waals surface area contributed by atoms with Crippen molar-refractivity contribution in [2.24, 2.45) is 0 Å². The lowest BCUT2D eigenvalue weighted by Gasteiger charge is -2.09. The van der Waals surface area contributed by atoms with Crippen molar-refractivity contribution in [2.45, 2.75) is 32.7 Å². The number of hydrogen-bond donors (Lipinski definition) is 1. The summed E-state index contributed by atoms with van der Waals surface area (Å²) in [5.74, 6) is 0. The van der Waals surface area contributed by atoms with Crippen LogP contribution in [0.3, 0.4) is 0 Å². The summed E-state index contributed by atoms with van der Waals surface area (Å²) in [6.07, 6.45) is -1.60. The zero-order valence-electron chi connectivity index (χ0n) is 7.42. The van der Waals surface area contributed by atoms with Gasteiger partial charge in [-0.2, -0.15) is 0 Å². The quantitative estimate of drug-likeness (QED) is 0.822. The van der Waals surface area contributed by atoms with Crippen molar-refractivity contribution >= 4 is 16.5 Å². The van der Waals surface area contributed by atoms with Crippen molar-refractivity contribution in [1.82, 2.24) is 10.2 Å². The number of aromatic nitrogens is 2. The molecule has 1 heterocycles. The molecule has 1 rings (SSSR count). The maximum absolute atomic E-state index is 12.1. The molecule has 1 N–H and O–H groups in total. The van der Waals surface area contributed by atoms with Gasteiger partial charge in [0, 0.05) is 0 Å². The summed E-state index contributed by atoms with van der Waals surface area (Å²) in [6.45, 7) is 3.36. The van der Waals surface area contributed by atoms with Gasteiger partial charge in [-0.15, -0.1) is 10.2 Å². The summed E-state index contributed by atoms with van der Waals surface area (Å²) in [6, 6.07) is -0.877. The number of rotatable bonds is 4. The Morgan fingerprint density at radius 1 is 1.46 bits per heavy atom. The molecule has 13 heavy (non-hydrogen) atoms. The van der Waals surface area contributed by atoms with Crippen LogP contribution in [0.25, 0.3) is 0 Å². The normalized spacial score (nSPS) is 13.3. The fourth-order valence-corrected chi connectivity index (χ4v) is 1.49. The molecule has 1 unspecified atom stereocenters. The average molecular weight is 207 g/mol. The molecule has 3 nitrogen and oxygen atoms in total. The SMILES string of the molecule is CCc1nnc(NC(C)C(F)F)s1. The van der Waals surface area contributed by atoms with Gasteiger partial charge in [-0.3, -0.25) is 0 Å². The van der Waals surface area contributed by atoms with Crippen LogP contribution in [0, 0.1) is 0 Å². The number of alkyl halides is 2. The highest BCUT2D eigenvalue weighted by Crippen LogP contribution is 2.17. The lowest BCUT2D eigenvalue weighted by atomic mass is 10.4. The van der Waals surface area contributed by atoms with Gasteiger partial charge in [-0.05, 0) is 13.3 Å². The molecule has 0 aliphatic carbocycles. The molecule has 0 fully saturated rings. The Labute approximate surface area is 79.2 Å². The van der Waals surface area contributed by atoms with Gasteiger partial charge in [0.25, 0.3) is 6.43 Å². The molecule has 0 aliphatic heterocycles. The van der Waals surface area contributed by atoms with E-state index in [0.29, 0.717) is 5.13 Å². The molecule has 0 radical (unpaired) electrons. The molecule has 0 aromatic carbocycles. The van der Waals surface area contributed by atoms with E-state index in [-0.39, 0.29) is 0 Å². The molecule has 0 amide bonds. The van der Waals surface area contributed by atoms with Crippen molar-refractivity contribution in [3.8, 4) is 0 Å². The van der Waals surface area contributed by atoms with Gasteiger partial charge in [-0.25, -0.2) is 8.78 Å². The first-order valence-corrected chi connectivity index (χ1v) is 4.82. The van der Waals surface area contributed by atoms with Crippen molar-refractivity contribution in [1.29, 1.82) is 0 Å². The molecule has 1 aromatic heterocycles. The predicted octanol–water partition coefficient (Wildman–Crippen LogP) is 2.17. The first kappa shape index (κ1) is 10.3. The zero-order valence-corrected chi connectivity index (χ0v) is 8.24. The highest BCUT2D eigenvalue weighted by Gasteiger charge is 2.15. The van der Waals surface area contributed by atoms with E-state index in [1.165, 1.54) is 18.3 Å². The Kier molecular flexibility index (Phi) is 3.53. The van der Waals surface area contributed by atoms with E-state index in [9.17, 15) is 8.78 Å². The number of nitrogens with one attached hydrogen (secondary N) is 1. The number of hydrogen-bond acceptors (Lipinski definition) is 4. The molecule has 1 aromatic rings. The van der Waals surface area contributed by atoms with Crippen LogP contribution in [-0.4, -0.2) is 22.7 Å². The largest absolute Gasteiger partial charge is 0.352 e. The molecule has 74 valence electrons. The Hall–Kier alpha value is -0.780. The second-order valence-electron chi connectivity index (χ2n) is 2.62. The van der Waals surface area contributed by atoms with E-state index in [1.54, 1.807) is 0 Å². The molecule has 0 saturated carbocycles. The minimum absolute atomic E-state index is 0.463. The predicted molar refractivity (Wildman–Crippen MR) is 48.4 cm³/mol. The fourth-order valence-electron chi connectivity index (χ4n) is 0.713. The van der Waals surface area contributed by atoms with Crippen molar-refractivity contribution in [3.63, 3.8) is 0 Å². The summed E-state index contributed by atoms with van der Waals surface area (Å²) in [5.41, 5.74) is 0. The summed E-state index contributed by atoms with van der Waals surface area (Å²) in [5, 5.41) is 11.4. The van der Waals surface area contributed by atoms with Gasteiger partial charge in [-0.1, -0.05) is 18.3 Å². The summed E-state index contributed by atoms with van der Waals surface area (Å²) >= 11 is 1.31. The van der Waals surface area contributed by atoms with Crippen molar-refractivity contribution in [2.75, 3.05) is 5.32 Å². The highest BCUT2D eigenvalue weighted by atomic mass is 32.1. The van der Waals surface area contributed by atoms with E-state index < -0.39 is 12.5 Å². The summed E-state index contributed by atoms with van der Waals surface area (Å²) in [4.78, 5) is 0. The van der Waals surface area contributed by atoms with Gasteiger partial charge < -0.3 is 5.32 Å². The van der Waals surface area contributed by atoms with Gasteiger partial charge in [0.15, 0.2) is 0 Å².